The Balaban J connectivity index is 2.67. The fourth-order valence-electron chi connectivity index (χ4n) is 1.53. The Hall–Kier alpha value is -1.51. The van der Waals surface area contributed by atoms with Crippen LogP contribution in [0.5, 0.6) is 0 Å². The van der Waals surface area contributed by atoms with Crippen LogP contribution in [0.4, 0.5) is 4.79 Å². The summed E-state index contributed by atoms with van der Waals surface area (Å²) in [5.41, 5.74) is 2.33. The first-order valence-corrected chi connectivity index (χ1v) is 5.67. The van der Waals surface area contributed by atoms with Crippen molar-refractivity contribution in [3.8, 4) is 0 Å². The first-order chi connectivity index (χ1) is 7.67. The molecule has 0 radical (unpaired) electrons. The van der Waals surface area contributed by atoms with Crippen molar-refractivity contribution < 1.29 is 9.53 Å². The first-order valence-electron chi connectivity index (χ1n) is 5.67. The van der Waals surface area contributed by atoms with E-state index in [9.17, 15) is 4.79 Å². The van der Waals surface area contributed by atoms with Crippen molar-refractivity contribution in [3.63, 3.8) is 0 Å². The summed E-state index contributed by atoms with van der Waals surface area (Å²) in [4.78, 5) is 11.3. The highest BCUT2D eigenvalue weighted by Crippen LogP contribution is 2.17. The van der Waals surface area contributed by atoms with Crippen LogP contribution in [0, 0.1) is 6.92 Å². The van der Waals surface area contributed by atoms with Crippen molar-refractivity contribution in [2.24, 2.45) is 0 Å². The second-order valence-electron chi connectivity index (χ2n) is 3.74. The van der Waals surface area contributed by atoms with Crippen molar-refractivity contribution in [3.05, 3.63) is 35.4 Å². The predicted molar refractivity (Wildman–Crippen MR) is 64.4 cm³/mol. The fraction of sp³-hybridized carbons (Fsp3) is 0.462. The number of rotatable bonds is 4. The van der Waals surface area contributed by atoms with Gasteiger partial charge >= 0.3 is 6.09 Å². The zero-order valence-corrected chi connectivity index (χ0v) is 10.1. The second kappa shape index (κ2) is 6.16. The van der Waals surface area contributed by atoms with Crippen molar-refractivity contribution in [2.75, 3.05) is 6.61 Å². The van der Waals surface area contributed by atoms with Crippen LogP contribution in [0.15, 0.2) is 24.3 Å². The van der Waals surface area contributed by atoms with Gasteiger partial charge in [0, 0.05) is 0 Å². The highest BCUT2D eigenvalue weighted by atomic mass is 16.5. The van der Waals surface area contributed by atoms with E-state index in [1.807, 2.05) is 38.1 Å². The van der Waals surface area contributed by atoms with E-state index in [1.54, 1.807) is 6.92 Å². The minimum absolute atomic E-state index is 0.0275. The minimum Gasteiger partial charge on any atom is -0.450 e. The minimum atomic E-state index is -0.352. The Morgan fingerprint density at radius 2 is 1.94 bits per heavy atom. The van der Waals surface area contributed by atoms with Gasteiger partial charge in [-0.1, -0.05) is 36.8 Å². The van der Waals surface area contributed by atoms with E-state index in [2.05, 4.69) is 5.32 Å². The van der Waals surface area contributed by atoms with E-state index in [0.29, 0.717) is 6.61 Å². The summed E-state index contributed by atoms with van der Waals surface area (Å²) in [5.74, 6) is 0. The van der Waals surface area contributed by atoms with Gasteiger partial charge in [0.05, 0.1) is 12.6 Å². The van der Waals surface area contributed by atoms with Gasteiger partial charge in [0.1, 0.15) is 0 Å². The molecule has 0 fully saturated rings. The maximum absolute atomic E-state index is 11.3. The summed E-state index contributed by atoms with van der Waals surface area (Å²) in [7, 11) is 0. The monoisotopic (exact) mass is 221 g/mol. The number of ether oxygens (including phenoxy) is 1. The highest BCUT2D eigenvalue weighted by molar-refractivity contribution is 5.67. The molecule has 0 aliphatic carbocycles. The van der Waals surface area contributed by atoms with E-state index in [4.69, 9.17) is 4.74 Å². The highest BCUT2D eigenvalue weighted by Gasteiger charge is 2.12. The van der Waals surface area contributed by atoms with Crippen LogP contribution in [0.25, 0.3) is 0 Å². The number of alkyl carbamates (subject to hydrolysis) is 1. The quantitative estimate of drug-likeness (QED) is 0.848. The number of amides is 1. The molecule has 0 heterocycles. The van der Waals surface area contributed by atoms with Crippen LogP contribution < -0.4 is 5.32 Å². The SMILES string of the molecule is CCOC(=O)N[C@H](CC)c1ccc(C)cc1. The molecule has 88 valence electrons. The molecule has 1 atom stereocenters. The molecule has 0 aromatic heterocycles. The number of carbonyl (C=O) groups excluding carboxylic acids is 1. The van der Waals surface area contributed by atoms with Gasteiger partial charge in [-0.3, -0.25) is 0 Å². The molecule has 0 saturated heterocycles. The van der Waals surface area contributed by atoms with Crippen LogP contribution >= 0.6 is 0 Å². The third kappa shape index (κ3) is 3.57. The van der Waals surface area contributed by atoms with Gasteiger partial charge in [0.2, 0.25) is 0 Å². The Morgan fingerprint density at radius 1 is 1.31 bits per heavy atom. The van der Waals surface area contributed by atoms with Gasteiger partial charge in [0.15, 0.2) is 0 Å². The standard InChI is InChI=1S/C13H19NO2/c1-4-12(14-13(15)16-5-2)11-8-6-10(3)7-9-11/h6-9,12H,4-5H2,1-3H3,(H,14,15)/t12-/m1/s1. The maximum Gasteiger partial charge on any atom is 0.407 e. The summed E-state index contributed by atoms with van der Waals surface area (Å²) < 4.78 is 4.87. The second-order valence-corrected chi connectivity index (χ2v) is 3.74. The molecule has 0 unspecified atom stereocenters. The number of nitrogens with one attached hydrogen (secondary N) is 1. The Labute approximate surface area is 96.8 Å². The normalized spacial score (nSPS) is 11.9. The largest absolute Gasteiger partial charge is 0.450 e. The predicted octanol–water partition coefficient (Wildman–Crippen LogP) is 3.19. The number of hydrogen-bond donors (Lipinski definition) is 1. The molecule has 1 aromatic carbocycles. The summed E-state index contributed by atoms with van der Waals surface area (Å²) in [6.07, 6.45) is 0.497. The van der Waals surface area contributed by atoms with Crippen LogP contribution in [0.1, 0.15) is 37.4 Å². The number of hydrogen-bond acceptors (Lipinski definition) is 2. The average molecular weight is 221 g/mol. The van der Waals surface area contributed by atoms with E-state index >= 15 is 0 Å². The molecule has 0 saturated carbocycles. The van der Waals surface area contributed by atoms with Crippen molar-refractivity contribution >= 4 is 6.09 Å². The molecule has 0 aliphatic rings. The Kier molecular flexibility index (Phi) is 4.83. The number of aryl methyl sites for hydroxylation is 1. The molecule has 16 heavy (non-hydrogen) atoms. The molecule has 1 N–H and O–H groups in total. The summed E-state index contributed by atoms with van der Waals surface area (Å²) in [6, 6.07) is 8.20. The Morgan fingerprint density at radius 3 is 2.44 bits per heavy atom. The van der Waals surface area contributed by atoms with Gasteiger partial charge in [-0.05, 0) is 25.8 Å². The van der Waals surface area contributed by atoms with Crippen molar-refractivity contribution in [1.82, 2.24) is 5.32 Å². The lowest BCUT2D eigenvalue weighted by molar-refractivity contribution is 0.147. The van der Waals surface area contributed by atoms with Gasteiger partial charge in [-0.15, -0.1) is 0 Å². The van der Waals surface area contributed by atoms with Crippen LogP contribution in [-0.2, 0) is 4.74 Å². The lowest BCUT2D eigenvalue weighted by Crippen LogP contribution is -2.28. The van der Waals surface area contributed by atoms with Gasteiger partial charge in [0.25, 0.3) is 0 Å². The fourth-order valence-corrected chi connectivity index (χ4v) is 1.53. The molecular formula is C13H19NO2. The van der Waals surface area contributed by atoms with Crippen LogP contribution in [0.3, 0.4) is 0 Å². The first kappa shape index (κ1) is 12.6. The third-order valence-electron chi connectivity index (χ3n) is 2.46. The molecule has 1 amide bonds. The van der Waals surface area contributed by atoms with Crippen LogP contribution in [-0.4, -0.2) is 12.7 Å². The van der Waals surface area contributed by atoms with E-state index < -0.39 is 0 Å². The smallest absolute Gasteiger partial charge is 0.407 e. The Bertz CT molecular complexity index is 332. The topological polar surface area (TPSA) is 38.3 Å². The molecule has 0 spiro atoms. The molecule has 3 nitrogen and oxygen atoms in total. The van der Waals surface area contributed by atoms with Crippen LogP contribution in [0.2, 0.25) is 0 Å². The molecule has 0 aliphatic heterocycles. The molecule has 0 bridgehead atoms. The average Bonchev–Trinajstić information content (AvgIpc) is 2.27. The molecule has 1 aromatic rings. The summed E-state index contributed by atoms with van der Waals surface area (Å²) in [6.45, 7) is 6.28. The third-order valence-corrected chi connectivity index (χ3v) is 2.46. The lowest BCUT2D eigenvalue weighted by atomic mass is 10.0. The van der Waals surface area contributed by atoms with Gasteiger partial charge in [-0.25, -0.2) is 4.79 Å². The molecule has 1 rings (SSSR count). The zero-order chi connectivity index (χ0) is 12.0. The van der Waals surface area contributed by atoms with E-state index in [1.165, 1.54) is 5.56 Å². The van der Waals surface area contributed by atoms with E-state index in [-0.39, 0.29) is 12.1 Å². The van der Waals surface area contributed by atoms with Crippen molar-refractivity contribution in [2.45, 2.75) is 33.2 Å². The molecule has 3 heteroatoms. The number of benzene rings is 1. The lowest BCUT2D eigenvalue weighted by Gasteiger charge is -2.17. The van der Waals surface area contributed by atoms with Gasteiger partial charge < -0.3 is 10.1 Å². The van der Waals surface area contributed by atoms with Gasteiger partial charge in [-0.2, -0.15) is 0 Å². The number of carbonyl (C=O) groups is 1. The zero-order valence-electron chi connectivity index (χ0n) is 10.1. The molecular weight excluding hydrogens is 202 g/mol. The van der Waals surface area contributed by atoms with Crippen molar-refractivity contribution in [1.29, 1.82) is 0 Å². The maximum atomic E-state index is 11.3. The summed E-state index contributed by atoms with van der Waals surface area (Å²) >= 11 is 0. The summed E-state index contributed by atoms with van der Waals surface area (Å²) in [5, 5.41) is 2.84. The van der Waals surface area contributed by atoms with E-state index in [0.717, 1.165) is 12.0 Å².